The van der Waals surface area contributed by atoms with Crippen molar-refractivity contribution >= 4 is 38.3 Å². The topological polar surface area (TPSA) is 78.8 Å². The van der Waals surface area contributed by atoms with Gasteiger partial charge in [0, 0.05) is 0 Å². The largest absolute Gasteiger partial charge is 1.00 e. The SMILES string of the molecule is CCCC1CCC(c2ccc(O)cc2)CC1.CCCC1CCC(c2ccc(OC(F)(F)C=C(F)F)cc2)CC1.FC(F)(Br)CC(F)(F)Br.O=CO[O-].[H-].[K+].[K+]. The minimum absolute atomic E-state index is 0. The summed E-state index contributed by atoms with van der Waals surface area (Å²) < 4.78 is 101. The molecular weight excluding hydrogens is 914 g/mol. The van der Waals surface area contributed by atoms with E-state index >= 15 is 0 Å². The van der Waals surface area contributed by atoms with E-state index in [9.17, 15) is 40.2 Å². The Kier molecular flexibility index (Phi) is 31.6. The first-order valence-electron chi connectivity index (χ1n) is 17.2. The maximum atomic E-state index is 13.2. The predicted molar refractivity (Wildman–Crippen MR) is 190 cm³/mol. The second-order valence-corrected chi connectivity index (χ2v) is 15.2. The Labute approximate surface area is 416 Å². The van der Waals surface area contributed by atoms with Gasteiger partial charge < -0.3 is 21.4 Å². The molecule has 54 heavy (non-hydrogen) atoms. The average molecular weight is 963 g/mol. The van der Waals surface area contributed by atoms with Crippen molar-refractivity contribution in [1.29, 1.82) is 0 Å². The van der Waals surface area contributed by atoms with Crippen LogP contribution in [0.2, 0.25) is 0 Å². The molecule has 4 rings (SSSR count). The Morgan fingerprint density at radius 2 is 1.11 bits per heavy atom. The molecule has 0 atom stereocenters. The van der Waals surface area contributed by atoms with Gasteiger partial charge in [0.15, 0.2) is 0 Å². The molecule has 0 aromatic heterocycles. The number of alkyl halides is 8. The first-order chi connectivity index (χ1) is 24.3. The van der Waals surface area contributed by atoms with Crippen molar-refractivity contribution < 1.29 is 164 Å². The van der Waals surface area contributed by atoms with Gasteiger partial charge in [-0.25, -0.2) is 0 Å². The van der Waals surface area contributed by atoms with E-state index in [1.807, 2.05) is 12.1 Å². The minimum atomic E-state index is -4.00. The zero-order valence-corrected chi connectivity index (χ0v) is 40.6. The van der Waals surface area contributed by atoms with Crippen molar-refractivity contribution in [2.45, 2.75) is 125 Å². The fraction of sp³-hybridized carbons (Fsp3) is 0.595. The van der Waals surface area contributed by atoms with Crippen LogP contribution in [0.5, 0.6) is 11.5 Å². The molecule has 0 amide bonds. The van der Waals surface area contributed by atoms with Gasteiger partial charge in [-0.05, 0) is 142 Å². The van der Waals surface area contributed by atoms with E-state index in [0.717, 1.165) is 36.2 Å². The molecule has 298 valence electrons. The normalized spacial score (nSPS) is 19.6. The maximum Gasteiger partial charge on any atom is 1.00 e. The molecule has 17 heteroatoms. The summed E-state index contributed by atoms with van der Waals surface area (Å²) in [5.74, 6) is 3.21. The molecule has 2 aromatic carbocycles. The molecule has 0 bridgehead atoms. The van der Waals surface area contributed by atoms with Gasteiger partial charge in [-0.1, -0.05) is 63.8 Å². The summed E-state index contributed by atoms with van der Waals surface area (Å²) >= 11 is 3.54. The monoisotopic (exact) mass is 960 g/mol. The molecule has 0 heterocycles. The standard InChI is InChI=1S/C18H22F4O.C15H22O.C3H2Br2F4.CH2O3.2K.H/c1-2-3-13-4-6-14(7-5-13)15-8-10-16(11-9-15)23-18(21,22)12-17(19)20;1-2-3-12-4-6-13(7-5-12)14-8-10-15(16)11-9-14;4-2(6,7)1-3(5,8)9;2-1-4-3;;;/h8-14H,2-7H2,1H3;8-13,16H,2-7H2,1H3;1H2;1,3H;;;/q;;;;2*+1;-1/p-1. The van der Waals surface area contributed by atoms with Crippen LogP contribution in [-0.4, -0.2) is 27.4 Å². The number of benzene rings is 2. The molecule has 0 saturated heterocycles. The van der Waals surface area contributed by atoms with E-state index in [1.165, 1.54) is 81.9 Å². The number of carbonyl (C=O) groups excluding carboxylic acids is 1. The van der Waals surface area contributed by atoms with Crippen LogP contribution in [0.25, 0.3) is 0 Å². The van der Waals surface area contributed by atoms with Crippen LogP contribution < -0.4 is 113 Å². The number of hydrogen-bond donors (Lipinski definition) is 1. The molecule has 2 aromatic rings. The van der Waals surface area contributed by atoms with Crippen LogP contribution in [-0.2, 0) is 9.68 Å². The van der Waals surface area contributed by atoms with Crippen molar-refractivity contribution in [3.63, 3.8) is 0 Å². The maximum absolute atomic E-state index is 13.2. The summed E-state index contributed by atoms with van der Waals surface area (Å²) in [5.41, 5.74) is 2.51. The van der Waals surface area contributed by atoms with Crippen molar-refractivity contribution in [2.75, 3.05) is 0 Å². The second-order valence-electron chi connectivity index (χ2n) is 12.9. The third kappa shape index (κ3) is 27.5. The number of carbonyl (C=O) groups is 1. The van der Waals surface area contributed by atoms with Gasteiger partial charge in [0.1, 0.15) is 11.5 Å². The van der Waals surface area contributed by atoms with Gasteiger partial charge in [-0.2, -0.15) is 35.1 Å². The number of hydrogen-bond acceptors (Lipinski definition) is 5. The van der Waals surface area contributed by atoms with Gasteiger partial charge >= 0.3 is 119 Å². The Morgan fingerprint density at radius 3 is 1.39 bits per heavy atom. The molecule has 0 aliphatic heterocycles. The van der Waals surface area contributed by atoms with Gasteiger partial charge in [-0.15, -0.1) is 0 Å². The van der Waals surface area contributed by atoms with Crippen LogP contribution in [0.4, 0.5) is 35.1 Å². The number of aromatic hydroxyl groups is 1. The van der Waals surface area contributed by atoms with Crippen molar-refractivity contribution in [1.82, 2.24) is 0 Å². The van der Waals surface area contributed by atoms with Gasteiger partial charge in [-0.3, -0.25) is 4.79 Å². The van der Waals surface area contributed by atoms with Crippen LogP contribution in [0.3, 0.4) is 0 Å². The first-order valence-corrected chi connectivity index (χ1v) is 18.7. The number of halogens is 10. The van der Waals surface area contributed by atoms with Crippen molar-refractivity contribution in [3.05, 3.63) is 71.8 Å². The molecule has 2 aliphatic rings. The Balaban J connectivity index is -0.000000738. The Bertz CT molecular complexity index is 1280. The van der Waals surface area contributed by atoms with Crippen molar-refractivity contribution in [2.24, 2.45) is 11.8 Å². The summed E-state index contributed by atoms with van der Waals surface area (Å²) in [6, 6.07) is 14.1. The van der Waals surface area contributed by atoms with E-state index in [2.05, 4.69) is 35.6 Å². The number of phenols is 1. The number of rotatable bonds is 12. The van der Waals surface area contributed by atoms with Crippen LogP contribution in [0.1, 0.15) is 122 Å². The molecule has 2 saturated carbocycles. The molecule has 0 radical (unpaired) electrons. The van der Waals surface area contributed by atoms with Gasteiger partial charge in [0.25, 0.3) is 12.6 Å². The predicted octanol–water partition coefficient (Wildman–Crippen LogP) is 6.89. The quantitative estimate of drug-likeness (QED) is 0.0628. The minimum Gasteiger partial charge on any atom is -1.00 e. The van der Waals surface area contributed by atoms with Crippen molar-refractivity contribution in [3.8, 4) is 11.5 Å². The molecule has 0 spiro atoms. The van der Waals surface area contributed by atoms with E-state index in [0.29, 0.717) is 11.7 Å². The first kappa shape index (κ1) is 57.0. The molecule has 1 N–H and O–H groups in total. The van der Waals surface area contributed by atoms with E-state index in [4.69, 9.17) is 10.1 Å². The van der Waals surface area contributed by atoms with Gasteiger partial charge in [0.2, 0.25) is 0 Å². The molecule has 2 aliphatic carbocycles. The second kappa shape index (κ2) is 30.0. The third-order valence-corrected chi connectivity index (χ3v) is 9.34. The average Bonchev–Trinajstić information content (AvgIpc) is 3.05. The molecule has 5 nitrogen and oxygen atoms in total. The summed E-state index contributed by atoms with van der Waals surface area (Å²) in [6.07, 6.45) is 6.78. The van der Waals surface area contributed by atoms with Crippen LogP contribution in [0.15, 0.2) is 60.7 Å². The van der Waals surface area contributed by atoms with E-state index < -0.39 is 34.3 Å². The summed E-state index contributed by atoms with van der Waals surface area (Å²) in [4.78, 5) is 4.25. The van der Waals surface area contributed by atoms with Crippen LogP contribution >= 0.6 is 31.9 Å². The summed E-state index contributed by atoms with van der Waals surface area (Å²) in [6.45, 7) is 4.30. The smallest absolute Gasteiger partial charge is 1.00 e. The van der Waals surface area contributed by atoms with Gasteiger partial charge in [0.05, 0.1) is 12.5 Å². The Hall–Kier alpha value is 0.883. The van der Waals surface area contributed by atoms with E-state index in [-0.39, 0.29) is 116 Å². The number of phenolic OH excluding ortho intramolecular Hbond substituents is 1. The fourth-order valence-corrected chi connectivity index (χ4v) is 7.56. The Morgan fingerprint density at radius 1 is 0.759 bits per heavy atom. The number of ether oxygens (including phenoxy) is 1. The summed E-state index contributed by atoms with van der Waals surface area (Å²) in [7, 11) is 0. The third-order valence-electron chi connectivity index (χ3n) is 8.77. The molecule has 2 fully saturated rings. The summed E-state index contributed by atoms with van der Waals surface area (Å²) in [5, 5.41) is 17.7. The van der Waals surface area contributed by atoms with Crippen LogP contribution in [0, 0.1) is 11.8 Å². The molecule has 0 unspecified atom stereocenters. The van der Waals surface area contributed by atoms with E-state index in [1.54, 1.807) is 44.0 Å². The molecular formula is C37H48Br2F8K2O5. The fourth-order valence-electron chi connectivity index (χ4n) is 6.48. The zero-order chi connectivity index (χ0) is 39.4. The zero-order valence-electron chi connectivity index (χ0n) is 32.1.